The molecule has 2 fully saturated rings. The largest absolute Gasteiger partial charge is 0.493 e. The molecule has 0 amide bonds. The van der Waals surface area contributed by atoms with Crippen molar-refractivity contribution >= 4 is 27.7 Å². The summed E-state index contributed by atoms with van der Waals surface area (Å²) in [4.78, 5) is 0. The maximum absolute atomic E-state index is 14.1. The van der Waals surface area contributed by atoms with Crippen molar-refractivity contribution in [1.82, 2.24) is 14.8 Å². The number of hydrogen-bond acceptors (Lipinski definition) is 5. The van der Waals surface area contributed by atoms with Crippen molar-refractivity contribution in [3.8, 4) is 11.5 Å². The van der Waals surface area contributed by atoms with E-state index in [9.17, 15) is 4.39 Å². The van der Waals surface area contributed by atoms with Crippen molar-refractivity contribution in [2.75, 3.05) is 12.4 Å². The summed E-state index contributed by atoms with van der Waals surface area (Å²) in [6, 6.07) is 14.6. The van der Waals surface area contributed by atoms with Crippen LogP contribution in [0.15, 0.2) is 58.2 Å². The molecule has 3 aromatic rings. The molecule has 2 aromatic carbocycles. The van der Waals surface area contributed by atoms with Crippen molar-refractivity contribution in [2.24, 2.45) is 17.8 Å². The summed E-state index contributed by atoms with van der Waals surface area (Å²) in [6.45, 7) is 3.04. The monoisotopic (exact) mass is 545 g/mol. The van der Waals surface area contributed by atoms with Crippen LogP contribution in [0.4, 0.5) is 4.39 Å². The van der Waals surface area contributed by atoms with Crippen LogP contribution in [0, 0.1) is 23.6 Å². The first-order chi connectivity index (χ1) is 16.6. The number of benzene rings is 2. The molecule has 5 nitrogen and oxygen atoms in total. The fraction of sp³-hybridized carbons (Fsp3) is 0.462. The lowest BCUT2D eigenvalue weighted by Crippen LogP contribution is -2.24. The summed E-state index contributed by atoms with van der Waals surface area (Å²) in [5.74, 6) is 4.49. The average Bonchev–Trinajstić information content (AvgIpc) is 3.58. The van der Waals surface area contributed by atoms with E-state index in [-0.39, 0.29) is 24.2 Å². The van der Waals surface area contributed by atoms with Crippen LogP contribution in [0.25, 0.3) is 0 Å². The zero-order valence-corrected chi connectivity index (χ0v) is 21.6. The highest BCUT2D eigenvalue weighted by molar-refractivity contribution is 9.10. The minimum Gasteiger partial charge on any atom is -0.493 e. The highest BCUT2D eigenvalue weighted by atomic mass is 79.9. The van der Waals surface area contributed by atoms with Crippen LogP contribution in [0.2, 0.25) is 0 Å². The quantitative estimate of drug-likeness (QED) is 0.204. The van der Waals surface area contributed by atoms with Crippen molar-refractivity contribution in [3.05, 3.63) is 64.6 Å². The number of aromatic nitrogens is 3. The van der Waals surface area contributed by atoms with E-state index in [0.717, 1.165) is 38.8 Å². The Bertz CT molecular complexity index is 1110. The molecule has 2 saturated carbocycles. The van der Waals surface area contributed by atoms with Gasteiger partial charge in [0.2, 0.25) is 0 Å². The van der Waals surface area contributed by atoms with Gasteiger partial charge in [-0.15, -0.1) is 10.2 Å². The Kier molecular flexibility index (Phi) is 7.44. The van der Waals surface area contributed by atoms with Crippen molar-refractivity contribution in [3.63, 3.8) is 0 Å². The Morgan fingerprint density at radius 2 is 1.91 bits per heavy atom. The van der Waals surface area contributed by atoms with Crippen LogP contribution >= 0.6 is 27.7 Å². The SMILES string of the molecule is C[C@@H]([C@@H]1C[C@@H]2CC[C@@H]1C2)n1c(COc2ccccc2F)nnc1SCCOc1ccc(Br)cc1. The molecule has 1 heterocycles. The molecule has 2 aliphatic carbocycles. The third kappa shape index (κ3) is 5.28. The van der Waals surface area contributed by atoms with Gasteiger partial charge in [0.05, 0.1) is 6.61 Å². The van der Waals surface area contributed by atoms with E-state index in [4.69, 9.17) is 9.47 Å². The molecule has 34 heavy (non-hydrogen) atoms. The van der Waals surface area contributed by atoms with Crippen molar-refractivity contribution < 1.29 is 13.9 Å². The third-order valence-corrected chi connectivity index (χ3v) is 8.58. The second kappa shape index (κ2) is 10.7. The number of nitrogens with zero attached hydrogens (tertiary/aromatic N) is 3. The van der Waals surface area contributed by atoms with Crippen LogP contribution in [0.5, 0.6) is 11.5 Å². The Morgan fingerprint density at radius 3 is 2.65 bits per heavy atom. The van der Waals surface area contributed by atoms with Gasteiger partial charge in [0, 0.05) is 16.3 Å². The summed E-state index contributed by atoms with van der Waals surface area (Å²) in [7, 11) is 0. The van der Waals surface area contributed by atoms with Gasteiger partial charge < -0.3 is 9.47 Å². The average molecular weight is 547 g/mol. The van der Waals surface area contributed by atoms with E-state index in [1.165, 1.54) is 31.7 Å². The van der Waals surface area contributed by atoms with E-state index < -0.39 is 0 Å². The number of thioether (sulfide) groups is 1. The molecular formula is C26H29BrFN3O2S. The second-order valence-corrected chi connectivity index (χ2v) is 11.2. The molecule has 0 N–H and O–H groups in total. The minimum atomic E-state index is -0.366. The fourth-order valence-corrected chi connectivity index (χ4v) is 6.64. The Morgan fingerprint density at radius 1 is 1.09 bits per heavy atom. The molecule has 0 spiro atoms. The summed E-state index contributed by atoms with van der Waals surface area (Å²) in [6.07, 6.45) is 5.32. The first-order valence-corrected chi connectivity index (χ1v) is 13.7. The molecule has 4 atom stereocenters. The molecule has 0 aliphatic heterocycles. The smallest absolute Gasteiger partial charge is 0.191 e. The number of para-hydroxylation sites is 1. The third-order valence-electron chi connectivity index (χ3n) is 7.15. The Balaban J connectivity index is 1.28. The van der Waals surface area contributed by atoms with E-state index in [1.807, 2.05) is 24.3 Å². The minimum absolute atomic E-state index is 0.190. The normalized spacial score (nSPS) is 22.1. The number of ether oxygens (including phenoxy) is 2. The van der Waals surface area contributed by atoms with Gasteiger partial charge >= 0.3 is 0 Å². The van der Waals surface area contributed by atoms with Crippen LogP contribution < -0.4 is 9.47 Å². The molecule has 8 heteroatoms. The molecule has 0 unspecified atom stereocenters. The Labute approximate surface area is 212 Å². The zero-order valence-electron chi connectivity index (χ0n) is 19.2. The lowest BCUT2D eigenvalue weighted by atomic mass is 9.84. The van der Waals surface area contributed by atoms with Gasteiger partial charge in [-0.05, 0) is 80.3 Å². The lowest BCUT2D eigenvalue weighted by molar-refractivity contribution is 0.215. The predicted octanol–water partition coefficient (Wildman–Crippen LogP) is 6.93. The van der Waals surface area contributed by atoms with Crippen LogP contribution in [0.3, 0.4) is 0 Å². The first-order valence-electron chi connectivity index (χ1n) is 11.9. The molecule has 2 aliphatic rings. The van der Waals surface area contributed by atoms with Gasteiger partial charge in [-0.25, -0.2) is 4.39 Å². The van der Waals surface area contributed by atoms with Gasteiger partial charge in [-0.2, -0.15) is 0 Å². The first kappa shape index (κ1) is 23.7. The van der Waals surface area contributed by atoms with Gasteiger partial charge in [0.15, 0.2) is 22.5 Å². The highest BCUT2D eigenvalue weighted by Crippen LogP contribution is 2.52. The highest BCUT2D eigenvalue weighted by Gasteiger charge is 2.43. The molecular weight excluding hydrogens is 517 g/mol. The molecule has 2 bridgehead atoms. The van der Waals surface area contributed by atoms with Crippen LogP contribution in [-0.4, -0.2) is 27.1 Å². The number of halogens is 2. The van der Waals surface area contributed by atoms with Crippen molar-refractivity contribution in [2.45, 2.75) is 50.4 Å². The van der Waals surface area contributed by atoms with Crippen LogP contribution in [-0.2, 0) is 6.61 Å². The number of rotatable bonds is 10. The topological polar surface area (TPSA) is 49.2 Å². The maximum Gasteiger partial charge on any atom is 0.191 e. The zero-order chi connectivity index (χ0) is 23.5. The van der Waals surface area contributed by atoms with Crippen molar-refractivity contribution in [1.29, 1.82) is 0 Å². The summed E-state index contributed by atoms with van der Waals surface area (Å²) < 4.78 is 29.0. The van der Waals surface area contributed by atoms with Gasteiger partial charge in [0.1, 0.15) is 12.4 Å². The molecule has 0 saturated heterocycles. The van der Waals surface area contributed by atoms with Gasteiger partial charge in [-0.3, -0.25) is 4.57 Å². The van der Waals surface area contributed by atoms with Crippen LogP contribution in [0.1, 0.15) is 44.5 Å². The van der Waals surface area contributed by atoms with E-state index >= 15 is 0 Å². The molecule has 180 valence electrons. The maximum atomic E-state index is 14.1. The molecule has 5 rings (SSSR count). The predicted molar refractivity (Wildman–Crippen MR) is 135 cm³/mol. The summed E-state index contributed by atoms with van der Waals surface area (Å²) in [5, 5.41) is 9.84. The number of fused-ring (bicyclic) bond motifs is 2. The number of hydrogen-bond donors (Lipinski definition) is 0. The summed E-state index contributed by atoms with van der Waals surface area (Å²) in [5.41, 5.74) is 0. The fourth-order valence-electron chi connectivity index (χ4n) is 5.52. The molecule has 1 aromatic heterocycles. The standard InChI is InChI=1S/C26H29BrFN3O2S/c1-17(22-15-18-6-7-19(22)14-18)31-25(16-33-24-5-3-2-4-23(24)28)29-30-26(31)34-13-12-32-21-10-8-20(27)9-11-21/h2-5,8-11,17-19,22H,6-7,12-16H2,1H3/t17-,18+,19+,22-/m0/s1. The summed E-state index contributed by atoms with van der Waals surface area (Å²) >= 11 is 5.09. The van der Waals surface area contributed by atoms with E-state index in [1.54, 1.807) is 30.0 Å². The van der Waals surface area contributed by atoms with E-state index in [0.29, 0.717) is 12.5 Å². The van der Waals surface area contributed by atoms with Gasteiger partial charge in [-0.1, -0.05) is 46.2 Å². The second-order valence-electron chi connectivity index (χ2n) is 9.22. The Hall–Kier alpha value is -2.06. The van der Waals surface area contributed by atoms with Gasteiger partial charge in [0.25, 0.3) is 0 Å². The van der Waals surface area contributed by atoms with E-state index in [2.05, 4.69) is 37.6 Å². The lowest BCUT2D eigenvalue weighted by Gasteiger charge is -2.30. The molecule has 0 radical (unpaired) electrons.